The van der Waals surface area contributed by atoms with Crippen molar-refractivity contribution >= 4 is 24.0 Å². The van der Waals surface area contributed by atoms with E-state index in [1.54, 1.807) is 6.07 Å². The van der Waals surface area contributed by atoms with Crippen LogP contribution < -0.4 is 10.8 Å². The van der Waals surface area contributed by atoms with Crippen LogP contribution in [0.1, 0.15) is 47.5 Å². The first-order valence-electron chi connectivity index (χ1n) is 8.06. The lowest BCUT2D eigenvalue weighted by molar-refractivity contribution is -0.383. The minimum absolute atomic E-state index is 0.0494. The Morgan fingerprint density at radius 1 is 1.22 bits per heavy atom. The summed E-state index contributed by atoms with van der Waals surface area (Å²) < 4.78 is 11.9. The fraction of sp³-hybridized carbons (Fsp3) is 0.625. The second kappa shape index (κ2) is 6.49. The zero-order chi connectivity index (χ0) is 17.3. The Bertz CT molecular complexity index is 573. The number of nitrogens with one attached hydrogen (secondary N) is 1. The van der Waals surface area contributed by atoms with Crippen LogP contribution in [-0.2, 0) is 9.31 Å². The van der Waals surface area contributed by atoms with Crippen molar-refractivity contribution in [1.82, 2.24) is 0 Å². The molecule has 0 amide bonds. The van der Waals surface area contributed by atoms with E-state index in [1.165, 1.54) is 6.07 Å². The fourth-order valence-corrected chi connectivity index (χ4v) is 2.37. The Labute approximate surface area is 137 Å². The largest absolute Gasteiger partial charge is 0.495 e. The number of hydrogen-bond acceptors (Lipinski definition) is 5. The monoisotopic (exact) mass is 320 g/mol. The number of nitro benzene ring substituents is 1. The molecule has 0 bridgehead atoms. The highest BCUT2D eigenvalue weighted by Gasteiger charge is 2.52. The molecule has 7 heteroatoms. The van der Waals surface area contributed by atoms with Crippen molar-refractivity contribution in [3.8, 4) is 0 Å². The van der Waals surface area contributed by atoms with Gasteiger partial charge in [0, 0.05) is 12.6 Å². The topological polar surface area (TPSA) is 73.6 Å². The third-order valence-electron chi connectivity index (χ3n) is 4.59. The van der Waals surface area contributed by atoms with Crippen LogP contribution in [0.4, 0.5) is 11.4 Å². The van der Waals surface area contributed by atoms with Crippen molar-refractivity contribution in [2.24, 2.45) is 0 Å². The molecule has 1 saturated heterocycles. The molecule has 0 aliphatic carbocycles. The first-order valence-corrected chi connectivity index (χ1v) is 8.06. The molecule has 0 aromatic heterocycles. The molecule has 1 aliphatic rings. The highest BCUT2D eigenvalue weighted by molar-refractivity contribution is 6.62. The molecular weight excluding hydrogens is 295 g/mol. The van der Waals surface area contributed by atoms with E-state index >= 15 is 0 Å². The Morgan fingerprint density at radius 3 is 2.35 bits per heavy atom. The van der Waals surface area contributed by atoms with E-state index in [-0.39, 0.29) is 10.6 Å². The van der Waals surface area contributed by atoms with E-state index in [2.05, 4.69) is 12.2 Å². The van der Waals surface area contributed by atoms with Gasteiger partial charge in [0.15, 0.2) is 0 Å². The van der Waals surface area contributed by atoms with E-state index in [0.717, 1.165) is 12.8 Å². The van der Waals surface area contributed by atoms with Crippen molar-refractivity contribution in [2.75, 3.05) is 11.9 Å². The average Bonchev–Trinajstić information content (AvgIpc) is 2.67. The van der Waals surface area contributed by atoms with Gasteiger partial charge in [0.2, 0.25) is 0 Å². The van der Waals surface area contributed by atoms with Gasteiger partial charge in [-0.2, -0.15) is 0 Å². The maximum Gasteiger partial charge on any atom is 0.495 e. The van der Waals surface area contributed by atoms with E-state index in [1.807, 2.05) is 33.8 Å². The Hall–Kier alpha value is -1.60. The molecule has 0 radical (unpaired) electrons. The predicted molar refractivity (Wildman–Crippen MR) is 92.2 cm³/mol. The molecule has 0 atom stereocenters. The quantitative estimate of drug-likeness (QED) is 0.377. The zero-order valence-corrected chi connectivity index (χ0v) is 14.5. The summed E-state index contributed by atoms with van der Waals surface area (Å²) in [6.07, 6.45) is 2.00. The van der Waals surface area contributed by atoms with Gasteiger partial charge in [0.1, 0.15) is 5.69 Å². The molecule has 1 aliphatic heterocycles. The van der Waals surface area contributed by atoms with Crippen LogP contribution in [0.25, 0.3) is 0 Å². The molecule has 126 valence electrons. The Morgan fingerprint density at radius 2 is 1.83 bits per heavy atom. The molecule has 0 spiro atoms. The van der Waals surface area contributed by atoms with Gasteiger partial charge in [-0.3, -0.25) is 10.1 Å². The van der Waals surface area contributed by atoms with E-state index in [4.69, 9.17) is 9.31 Å². The molecule has 0 saturated carbocycles. The summed E-state index contributed by atoms with van der Waals surface area (Å²) in [6.45, 7) is 10.6. The normalized spacial score (nSPS) is 18.9. The molecular formula is C16H25BN2O4. The number of benzene rings is 1. The lowest BCUT2D eigenvalue weighted by Crippen LogP contribution is -2.41. The summed E-state index contributed by atoms with van der Waals surface area (Å²) in [5.74, 6) is 0. The lowest BCUT2D eigenvalue weighted by Gasteiger charge is -2.32. The van der Waals surface area contributed by atoms with Gasteiger partial charge in [0.05, 0.1) is 16.1 Å². The summed E-state index contributed by atoms with van der Waals surface area (Å²) in [7, 11) is -0.594. The van der Waals surface area contributed by atoms with Gasteiger partial charge < -0.3 is 14.6 Å². The second-order valence-corrected chi connectivity index (χ2v) is 6.90. The lowest BCUT2D eigenvalue weighted by atomic mass is 9.79. The third-order valence-corrected chi connectivity index (χ3v) is 4.59. The number of nitro groups is 1. The average molecular weight is 320 g/mol. The summed E-state index contributed by atoms with van der Waals surface area (Å²) in [6, 6.07) is 5.09. The van der Waals surface area contributed by atoms with Crippen LogP contribution in [-0.4, -0.2) is 29.8 Å². The molecule has 23 heavy (non-hydrogen) atoms. The standard InChI is InChI=1S/C16H25BN2O4/c1-6-7-10-18-13-9-8-12(11-14(13)19(20)21)17-22-15(2,3)16(4,5)23-17/h8-9,11,18H,6-7,10H2,1-5H3. The minimum Gasteiger partial charge on any atom is -0.399 e. The summed E-state index contributed by atoms with van der Waals surface area (Å²) in [5.41, 5.74) is 0.308. The second-order valence-electron chi connectivity index (χ2n) is 6.90. The maximum absolute atomic E-state index is 11.4. The molecule has 1 N–H and O–H groups in total. The number of unbranched alkanes of at least 4 members (excludes halogenated alkanes) is 1. The SMILES string of the molecule is CCCCNc1ccc(B2OC(C)(C)C(C)(C)O2)cc1[N+](=O)[O-]. The van der Waals surface area contributed by atoms with Crippen LogP contribution in [0.2, 0.25) is 0 Å². The number of anilines is 1. The first-order chi connectivity index (χ1) is 10.7. The van der Waals surface area contributed by atoms with Gasteiger partial charge in [-0.25, -0.2) is 0 Å². The van der Waals surface area contributed by atoms with Gasteiger partial charge in [0.25, 0.3) is 5.69 Å². The summed E-state index contributed by atoms with van der Waals surface area (Å²) in [4.78, 5) is 11.0. The van der Waals surface area contributed by atoms with E-state index in [0.29, 0.717) is 17.7 Å². The highest BCUT2D eigenvalue weighted by Crippen LogP contribution is 2.37. The van der Waals surface area contributed by atoms with Crippen LogP contribution in [0, 0.1) is 10.1 Å². The van der Waals surface area contributed by atoms with E-state index in [9.17, 15) is 10.1 Å². The van der Waals surface area contributed by atoms with Crippen molar-refractivity contribution in [3.05, 3.63) is 28.3 Å². The molecule has 1 aromatic carbocycles. The van der Waals surface area contributed by atoms with Crippen molar-refractivity contribution in [1.29, 1.82) is 0 Å². The Balaban J connectivity index is 2.25. The van der Waals surface area contributed by atoms with Crippen molar-refractivity contribution in [3.63, 3.8) is 0 Å². The molecule has 0 unspecified atom stereocenters. The smallest absolute Gasteiger partial charge is 0.399 e. The molecule has 2 rings (SSSR count). The number of hydrogen-bond donors (Lipinski definition) is 1. The minimum atomic E-state index is -0.594. The van der Waals surface area contributed by atoms with Crippen molar-refractivity contribution in [2.45, 2.75) is 58.7 Å². The molecule has 1 aromatic rings. The van der Waals surface area contributed by atoms with Gasteiger partial charge in [-0.05, 0) is 45.6 Å². The van der Waals surface area contributed by atoms with Crippen LogP contribution >= 0.6 is 0 Å². The van der Waals surface area contributed by atoms with Crippen LogP contribution in [0.3, 0.4) is 0 Å². The van der Waals surface area contributed by atoms with Gasteiger partial charge in [-0.1, -0.05) is 19.4 Å². The number of nitrogens with zero attached hydrogens (tertiary/aromatic N) is 1. The van der Waals surface area contributed by atoms with Gasteiger partial charge >= 0.3 is 7.12 Å². The fourth-order valence-electron chi connectivity index (χ4n) is 2.37. The highest BCUT2D eigenvalue weighted by atomic mass is 16.7. The predicted octanol–water partition coefficient (Wildman–Crippen LogP) is 3.11. The van der Waals surface area contributed by atoms with Gasteiger partial charge in [-0.15, -0.1) is 0 Å². The first kappa shape index (κ1) is 17.8. The van der Waals surface area contributed by atoms with Crippen LogP contribution in [0.15, 0.2) is 18.2 Å². The maximum atomic E-state index is 11.4. The molecule has 6 nitrogen and oxygen atoms in total. The zero-order valence-electron chi connectivity index (χ0n) is 14.5. The third kappa shape index (κ3) is 3.67. The summed E-state index contributed by atoms with van der Waals surface area (Å²) in [5, 5.41) is 14.5. The summed E-state index contributed by atoms with van der Waals surface area (Å²) >= 11 is 0. The Kier molecular flexibility index (Phi) is 5.01. The van der Waals surface area contributed by atoms with E-state index < -0.39 is 18.3 Å². The number of rotatable bonds is 6. The van der Waals surface area contributed by atoms with Crippen LogP contribution in [0.5, 0.6) is 0 Å². The molecule has 1 heterocycles. The van der Waals surface area contributed by atoms with Crippen molar-refractivity contribution < 1.29 is 14.2 Å². The molecule has 1 fully saturated rings.